The number of ether oxygens (including phenoxy) is 1. The second-order valence-electron chi connectivity index (χ2n) is 8.34. The molecule has 6 nitrogen and oxygen atoms in total. The molecule has 1 aliphatic heterocycles. The minimum Gasteiger partial charge on any atom is -0.497 e. The molecule has 0 radical (unpaired) electrons. The van der Waals surface area contributed by atoms with Crippen molar-refractivity contribution in [2.75, 3.05) is 23.9 Å². The van der Waals surface area contributed by atoms with E-state index in [0.717, 1.165) is 24.9 Å². The molecule has 0 aromatic heterocycles. The Balaban J connectivity index is 1.50. The van der Waals surface area contributed by atoms with Gasteiger partial charge in [-0.3, -0.25) is 14.5 Å². The van der Waals surface area contributed by atoms with Crippen LogP contribution in [0.4, 0.5) is 11.4 Å². The normalized spacial score (nSPS) is 18.3. The van der Waals surface area contributed by atoms with E-state index in [4.69, 9.17) is 17.0 Å². The van der Waals surface area contributed by atoms with Gasteiger partial charge in [-0.05, 0) is 80.7 Å². The molecule has 2 amide bonds. The fraction of sp³-hybridized carbons (Fsp3) is 0.346. The highest BCUT2D eigenvalue weighted by atomic mass is 32.1. The van der Waals surface area contributed by atoms with Crippen LogP contribution in [0.5, 0.6) is 5.75 Å². The van der Waals surface area contributed by atoms with Crippen molar-refractivity contribution in [2.24, 2.45) is 0 Å². The number of amides is 2. The highest BCUT2D eigenvalue weighted by Crippen LogP contribution is 2.29. The van der Waals surface area contributed by atoms with E-state index in [1.54, 1.807) is 36.3 Å². The number of anilines is 2. The first-order valence-corrected chi connectivity index (χ1v) is 11.8. The van der Waals surface area contributed by atoms with Crippen LogP contribution in [-0.4, -0.2) is 41.5 Å². The molecule has 33 heavy (non-hydrogen) atoms. The second-order valence-corrected chi connectivity index (χ2v) is 8.71. The van der Waals surface area contributed by atoms with Gasteiger partial charge in [0.2, 0.25) is 5.91 Å². The summed E-state index contributed by atoms with van der Waals surface area (Å²) < 4.78 is 5.16. The van der Waals surface area contributed by atoms with Crippen molar-refractivity contribution in [2.45, 2.75) is 44.6 Å². The zero-order chi connectivity index (χ0) is 23.2. The number of hydrogen-bond donors (Lipinski definition) is 1. The van der Waals surface area contributed by atoms with Gasteiger partial charge in [0, 0.05) is 12.2 Å². The van der Waals surface area contributed by atoms with Gasteiger partial charge in [0.15, 0.2) is 5.11 Å². The molecule has 0 unspecified atom stereocenters. The molecular formula is C26H29N3O3S. The molecule has 1 saturated heterocycles. The number of carbonyl (C=O) groups excluding carboxylic acids is 2. The monoisotopic (exact) mass is 463 g/mol. The Morgan fingerprint density at radius 3 is 2.55 bits per heavy atom. The minimum absolute atomic E-state index is 0.0351. The van der Waals surface area contributed by atoms with E-state index in [9.17, 15) is 9.59 Å². The van der Waals surface area contributed by atoms with Gasteiger partial charge in [-0.2, -0.15) is 0 Å². The van der Waals surface area contributed by atoms with Crippen LogP contribution in [0.2, 0.25) is 0 Å². The number of thiocarbonyl (C=S) groups is 1. The van der Waals surface area contributed by atoms with Crippen LogP contribution in [0.3, 0.4) is 0 Å². The molecule has 2 aromatic carbocycles. The predicted octanol–water partition coefficient (Wildman–Crippen LogP) is 4.92. The zero-order valence-electron chi connectivity index (χ0n) is 18.8. The summed E-state index contributed by atoms with van der Waals surface area (Å²) in [5.41, 5.74) is 2.80. The van der Waals surface area contributed by atoms with E-state index in [0.29, 0.717) is 23.1 Å². The number of hydrogen-bond acceptors (Lipinski definition) is 4. The number of rotatable bonds is 8. The predicted molar refractivity (Wildman–Crippen MR) is 134 cm³/mol. The first-order valence-electron chi connectivity index (χ1n) is 11.4. The molecule has 7 heteroatoms. The number of nitrogens with one attached hydrogen (secondary N) is 1. The SMILES string of the molecule is COc1ccc(NC(=O)C[C@H]2C(=O)N(c3ccccc3)C(=S)N2CCC2=CCCCC2)cc1. The van der Waals surface area contributed by atoms with Gasteiger partial charge < -0.3 is 15.0 Å². The van der Waals surface area contributed by atoms with E-state index in [1.165, 1.54) is 18.4 Å². The Morgan fingerprint density at radius 2 is 1.88 bits per heavy atom. The molecule has 1 fully saturated rings. The van der Waals surface area contributed by atoms with E-state index < -0.39 is 6.04 Å². The molecule has 1 N–H and O–H groups in total. The first-order chi connectivity index (χ1) is 16.1. The summed E-state index contributed by atoms with van der Waals surface area (Å²) in [6.45, 7) is 0.625. The topological polar surface area (TPSA) is 61.9 Å². The lowest BCUT2D eigenvalue weighted by atomic mass is 9.97. The second kappa shape index (κ2) is 10.6. The van der Waals surface area contributed by atoms with Crippen LogP contribution in [0.15, 0.2) is 66.2 Å². The third-order valence-electron chi connectivity index (χ3n) is 6.14. The molecule has 1 aliphatic carbocycles. The molecule has 0 saturated carbocycles. The number of allylic oxidation sites excluding steroid dienone is 1. The Kier molecular flexibility index (Phi) is 7.40. The highest BCUT2D eigenvalue weighted by Gasteiger charge is 2.43. The summed E-state index contributed by atoms with van der Waals surface area (Å²) in [6, 6.07) is 15.9. The number of nitrogens with zero attached hydrogens (tertiary/aromatic N) is 2. The van der Waals surface area contributed by atoms with Gasteiger partial charge in [-0.1, -0.05) is 29.8 Å². The van der Waals surface area contributed by atoms with Gasteiger partial charge in [0.1, 0.15) is 11.8 Å². The first kappa shape index (κ1) is 23.0. The standard InChI is InChI=1S/C26H29N3O3S/c1-32-22-14-12-20(13-15-22)27-24(30)18-23-25(31)29(21-10-6-3-7-11-21)26(33)28(23)17-16-19-8-4-2-5-9-19/h3,6-8,10-15,23H,2,4-5,9,16-18H2,1H3,(H,27,30)/t23-/m0/s1. The summed E-state index contributed by atoms with van der Waals surface area (Å²) in [7, 11) is 1.60. The smallest absolute Gasteiger partial charge is 0.256 e. The summed E-state index contributed by atoms with van der Waals surface area (Å²) in [4.78, 5) is 29.8. The van der Waals surface area contributed by atoms with Gasteiger partial charge in [0.05, 0.1) is 19.2 Å². The van der Waals surface area contributed by atoms with Crippen molar-refractivity contribution >= 4 is 40.5 Å². The fourth-order valence-electron chi connectivity index (χ4n) is 4.36. The zero-order valence-corrected chi connectivity index (χ0v) is 19.6. The van der Waals surface area contributed by atoms with Crippen LogP contribution in [0.1, 0.15) is 38.5 Å². The van der Waals surface area contributed by atoms with Crippen molar-refractivity contribution in [3.63, 3.8) is 0 Å². The number of methoxy groups -OCH3 is 1. The van der Waals surface area contributed by atoms with Gasteiger partial charge in [-0.15, -0.1) is 0 Å². The Morgan fingerprint density at radius 1 is 1.12 bits per heavy atom. The molecule has 1 heterocycles. The lowest BCUT2D eigenvalue weighted by Gasteiger charge is -2.25. The van der Waals surface area contributed by atoms with Crippen LogP contribution < -0.4 is 15.0 Å². The third kappa shape index (κ3) is 5.42. The third-order valence-corrected chi connectivity index (χ3v) is 6.56. The molecule has 2 aromatic rings. The lowest BCUT2D eigenvalue weighted by molar-refractivity contribution is -0.124. The van der Waals surface area contributed by atoms with E-state index in [-0.39, 0.29) is 18.2 Å². The van der Waals surface area contributed by atoms with Crippen LogP contribution in [-0.2, 0) is 9.59 Å². The molecule has 4 rings (SSSR count). The molecular weight excluding hydrogens is 434 g/mol. The fourth-order valence-corrected chi connectivity index (χ4v) is 4.77. The summed E-state index contributed by atoms with van der Waals surface area (Å²) >= 11 is 5.74. The Bertz CT molecular complexity index is 1040. The van der Waals surface area contributed by atoms with Crippen molar-refractivity contribution in [1.29, 1.82) is 0 Å². The van der Waals surface area contributed by atoms with Crippen molar-refractivity contribution < 1.29 is 14.3 Å². The van der Waals surface area contributed by atoms with E-state index in [1.807, 2.05) is 35.2 Å². The van der Waals surface area contributed by atoms with Gasteiger partial charge in [-0.25, -0.2) is 0 Å². The van der Waals surface area contributed by atoms with Crippen LogP contribution in [0.25, 0.3) is 0 Å². The van der Waals surface area contributed by atoms with Crippen LogP contribution in [0, 0.1) is 0 Å². The summed E-state index contributed by atoms with van der Waals surface area (Å²) in [6.07, 6.45) is 7.85. The maximum Gasteiger partial charge on any atom is 0.256 e. The number of carbonyl (C=O) groups is 2. The molecule has 0 spiro atoms. The lowest BCUT2D eigenvalue weighted by Crippen LogP contribution is -2.38. The van der Waals surface area contributed by atoms with Crippen LogP contribution >= 0.6 is 12.2 Å². The largest absolute Gasteiger partial charge is 0.497 e. The summed E-state index contributed by atoms with van der Waals surface area (Å²) in [5, 5.41) is 3.35. The molecule has 172 valence electrons. The average Bonchev–Trinajstić information content (AvgIpc) is 3.08. The van der Waals surface area contributed by atoms with E-state index >= 15 is 0 Å². The minimum atomic E-state index is -0.625. The maximum atomic E-state index is 13.4. The molecule has 1 atom stereocenters. The van der Waals surface area contributed by atoms with Gasteiger partial charge >= 0.3 is 0 Å². The average molecular weight is 464 g/mol. The van der Waals surface area contributed by atoms with Crippen molar-refractivity contribution in [3.8, 4) is 5.75 Å². The van der Waals surface area contributed by atoms with E-state index in [2.05, 4.69) is 11.4 Å². The highest BCUT2D eigenvalue weighted by molar-refractivity contribution is 7.80. The van der Waals surface area contributed by atoms with Gasteiger partial charge in [0.25, 0.3) is 5.91 Å². The molecule has 0 bridgehead atoms. The summed E-state index contributed by atoms with van der Waals surface area (Å²) in [5.74, 6) is 0.331. The quantitative estimate of drug-likeness (QED) is 0.445. The van der Waals surface area contributed by atoms with Crippen molar-refractivity contribution in [1.82, 2.24) is 4.90 Å². The Labute approximate surface area is 200 Å². The number of para-hydroxylation sites is 1. The Hall–Kier alpha value is -3.19. The maximum absolute atomic E-state index is 13.4. The number of benzene rings is 2. The molecule has 2 aliphatic rings. The van der Waals surface area contributed by atoms with Crippen molar-refractivity contribution in [3.05, 3.63) is 66.2 Å².